The fraction of sp³-hybridized carbons (Fsp3) is 0.417. The van der Waals surface area contributed by atoms with Gasteiger partial charge in [0, 0.05) is 17.2 Å². The van der Waals surface area contributed by atoms with E-state index < -0.39 is 0 Å². The third-order valence-corrected chi connectivity index (χ3v) is 3.86. The summed E-state index contributed by atoms with van der Waals surface area (Å²) in [7, 11) is 2.05. The van der Waals surface area contributed by atoms with Gasteiger partial charge in [-0.2, -0.15) is 0 Å². The molecule has 2 N–H and O–H groups in total. The first kappa shape index (κ1) is 13.5. The Labute approximate surface area is 107 Å². The van der Waals surface area contributed by atoms with Gasteiger partial charge >= 0.3 is 0 Å². The van der Waals surface area contributed by atoms with Crippen molar-refractivity contribution in [2.75, 3.05) is 19.3 Å². The lowest BCUT2D eigenvalue weighted by atomic mass is 10.3. The minimum Gasteiger partial charge on any atom is -0.392 e. The lowest BCUT2D eigenvalue weighted by Gasteiger charge is -2.23. The van der Waals surface area contributed by atoms with Crippen molar-refractivity contribution in [2.45, 2.75) is 17.9 Å². The van der Waals surface area contributed by atoms with E-state index in [2.05, 4.69) is 36.2 Å². The third kappa shape index (κ3) is 4.51. The van der Waals surface area contributed by atoms with Crippen LogP contribution in [0.2, 0.25) is 0 Å². The van der Waals surface area contributed by atoms with Crippen LogP contribution in [0.25, 0.3) is 0 Å². The predicted molar refractivity (Wildman–Crippen MR) is 76.0 cm³/mol. The van der Waals surface area contributed by atoms with Crippen molar-refractivity contribution >= 4 is 29.0 Å². The zero-order valence-corrected chi connectivity index (χ0v) is 11.4. The van der Waals surface area contributed by atoms with E-state index in [0.29, 0.717) is 4.99 Å². The number of thiocarbonyl (C=S) groups is 1. The summed E-state index contributed by atoms with van der Waals surface area (Å²) in [5.74, 6) is 1.05. The summed E-state index contributed by atoms with van der Waals surface area (Å²) in [5.41, 5.74) is 5.60. The SMILES string of the molecule is CC(C(N)=S)N(C)CCSc1ccccc1. The first-order valence-electron chi connectivity index (χ1n) is 5.28. The lowest BCUT2D eigenvalue weighted by Crippen LogP contribution is -2.40. The van der Waals surface area contributed by atoms with E-state index in [9.17, 15) is 0 Å². The molecular formula is C12H18N2S2. The van der Waals surface area contributed by atoms with Gasteiger partial charge < -0.3 is 5.73 Å². The number of rotatable bonds is 6. The molecule has 0 aromatic heterocycles. The fourth-order valence-electron chi connectivity index (χ4n) is 1.24. The molecule has 1 rings (SSSR count). The minimum atomic E-state index is 0.173. The molecule has 1 unspecified atom stereocenters. The van der Waals surface area contributed by atoms with Crippen molar-refractivity contribution in [1.29, 1.82) is 0 Å². The second-order valence-electron chi connectivity index (χ2n) is 3.72. The molecule has 0 aliphatic rings. The van der Waals surface area contributed by atoms with Gasteiger partial charge in [-0.15, -0.1) is 11.8 Å². The second-order valence-corrected chi connectivity index (χ2v) is 5.36. The molecule has 0 fully saturated rings. The summed E-state index contributed by atoms with van der Waals surface area (Å²) in [5, 5.41) is 0. The van der Waals surface area contributed by atoms with Gasteiger partial charge in [-0.05, 0) is 26.1 Å². The fourth-order valence-corrected chi connectivity index (χ4v) is 2.38. The van der Waals surface area contributed by atoms with Gasteiger partial charge in [0.05, 0.1) is 11.0 Å². The monoisotopic (exact) mass is 254 g/mol. The molecule has 0 bridgehead atoms. The standard InChI is InChI=1S/C12H18N2S2/c1-10(12(13)15)14(2)8-9-16-11-6-4-3-5-7-11/h3-7,10H,8-9H2,1-2H3,(H2,13,15). The van der Waals surface area contributed by atoms with Gasteiger partial charge in [0.15, 0.2) is 0 Å². The molecule has 0 saturated heterocycles. The van der Waals surface area contributed by atoms with Crippen LogP contribution in [0.5, 0.6) is 0 Å². The maximum atomic E-state index is 5.60. The molecule has 1 aromatic carbocycles. The number of benzene rings is 1. The maximum Gasteiger partial charge on any atom is 0.0899 e. The van der Waals surface area contributed by atoms with Crippen LogP contribution in [0.3, 0.4) is 0 Å². The minimum absolute atomic E-state index is 0.173. The van der Waals surface area contributed by atoms with Gasteiger partial charge in [0.2, 0.25) is 0 Å². The predicted octanol–water partition coefficient (Wildman–Crippen LogP) is 2.39. The Bertz CT molecular complexity index is 327. The molecule has 16 heavy (non-hydrogen) atoms. The molecular weight excluding hydrogens is 236 g/mol. The highest BCUT2D eigenvalue weighted by molar-refractivity contribution is 7.99. The Morgan fingerprint density at radius 1 is 1.44 bits per heavy atom. The van der Waals surface area contributed by atoms with E-state index in [1.807, 2.05) is 24.8 Å². The average molecular weight is 254 g/mol. The van der Waals surface area contributed by atoms with Gasteiger partial charge in [0.1, 0.15) is 0 Å². The van der Waals surface area contributed by atoms with Crippen LogP contribution in [-0.4, -0.2) is 35.3 Å². The van der Waals surface area contributed by atoms with Crippen LogP contribution < -0.4 is 5.73 Å². The van der Waals surface area contributed by atoms with Crippen LogP contribution in [0.1, 0.15) is 6.92 Å². The summed E-state index contributed by atoms with van der Waals surface area (Å²) in [6.07, 6.45) is 0. The Hall–Kier alpha value is -0.580. The van der Waals surface area contributed by atoms with Crippen molar-refractivity contribution in [3.8, 4) is 0 Å². The zero-order valence-electron chi connectivity index (χ0n) is 9.72. The van der Waals surface area contributed by atoms with E-state index in [-0.39, 0.29) is 6.04 Å². The number of hydrogen-bond donors (Lipinski definition) is 1. The highest BCUT2D eigenvalue weighted by Crippen LogP contribution is 2.16. The molecule has 0 amide bonds. The number of thioether (sulfide) groups is 1. The molecule has 4 heteroatoms. The highest BCUT2D eigenvalue weighted by atomic mass is 32.2. The molecule has 1 atom stereocenters. The number of nitrogens with zero attached hydrogens (tertiary/aromatic N) is 1. The second kappa shape index (κ2) is 6.89. The Morgan fingerprint density at radius 2 is 2.06 bits per heavy atom. The molecule has 2 nitrogen and oxygen atoms in total. The van der Waals surface area contributed by atoms with E-state index in [4.69, 9.17) is 18.0 Å². The summed E-state index contributed by atoms with van der Waals surface area (Å²) < 4.78 is 0. The van der Waals surface area contributed by atoms with E-state index in [1.54, 1.807) is 0 Å². The Kier molecular flexibility index (Phi) is 5.80. The lowest BCUT2D eigenvalue weighted by molar-refractivity contribution is 0.332. The maximum absolute atomic E-state index is 5.60. The van der Waals surface area contributed by atoms with Crippen LogP contribution in [0.15, 0.2) is 35.2 Å². The normalized spacial score (nSPS) is 12.7. The molecule has 0 aliphatic heterocycles. The quantitative estimate of drug-likeness (QED) is 0.623. The number of nitrogens with two attached hydrogens (primary N) is 1. The van der Waals surface area contributed by atoms with Gasteiger partial charge in [-0.25, -0.2) is 0 Å². The molecule has 88 valence electrons. The van der Waals surface area contributed by atoms with Crippen LogP contribution >= 0.6 is 24.0 Å². The first-order valence-corrected chi connectivity index (χ1v) is 6.68. The molecule has 0 aliphatic carbocycles. The molecule has 0 saturated carbocycles. The third-order valence-electron chi connectivity index (χ3n) is 2.53. The van der Waals surface area contributed by atoms with Crippen molar-refractivity contribution in [3.63, 3.8) is 0 Å². The summed E-state index contributed by atoms with van der Waals surface area (Å²) in [6.45, 7) is 3.02. The van der Waals surface area contributed by atoms with Crippen molar-refractivity contribution in [1.82, 2.24) is 4.90 Å². The largest absolute Gasteiger partial charge is 0.392 e. The molecule has 0 radical (unpaired) electrons. The Morgan fingerprint density at radius 3 is 2.62 bits per heavy atom. The van der Waals surface area contributed by atoms with Gasteiger partial charge in [-0.3, -0.25) is 4.90 Å². The highest BCUT2D eigenvalue weighted by Gasteiger charge is 2.10. The van der Waals surface area contributed by atoms with E-state index in [1.165, 1.54) is 4.90 Å². The van der Waals surface area contributed by atoms with Crippen LogP contribution in [0.4, 0.5) is 0 Å². The topological polar surface area (TPSA) is 29.3 Å². The number of likely N-dealkylation sites (N-methyl/N-ethyl adjacent to an activating group) is 1. The van der Waals surface area contributed by atoms with Gasteiger partial charge in [-0.1, -0.05) is 30.4 Å². The summed E-state index contributed by atoms with van der Waals surface area (Å²) >= 11 is 6.82. The zero-order chi connectivity index (χ0) is 12.0. The number of hydrogen-bond acceptors (Lipinski definition) is 3. The summed E-state index contributed by atoms with van der Waals surface area (Å²) in [4.78, 5) is 4.05. The van der Waals surface area contributed by atoms with Gasteiger partial charge in [0.25, 0.3) is 0 Å². The van der Waals surface area contributed by atoms with Crippen molar-refractivity contribution in [2.24, 2.45) is 5.73 Å². The van der Waals surface area contributed by atoms with Crippen molar-refractivity contribution < 1.29 is 0 Å². The molecule has 0 spiro atoms. The van der Waals surface area contributed by atoms with E-state index in [0.717, 1.165) is 12.3 Å². The van der Waals surface area contributed by atoms with Crippen molar-refractivity contribution in [3.05, 3.63) is 30.3 Å². The Balaban J connectivity index is 2.28. The molecule has 1 aromatic rings. The average Bonchev–Trinajstić information content (AvgIpc) is 2.29. The molecule has 0 heterocycles. The smallest absolute Gasteiger partial charge is 0.0899 e. The van der Waals surface area contributed by atoms with Crippen LogP contribution in [0, 0.1) is 0 Å². The van der Waals surface area contributed by atoms with Crippen LogP contribution in [-0.2, 0) is 0 Å². The van der Waals surface area contributed by atoms with E-state index >= 15 is 0 Å². The summed E-state index contributed by atoms with van der Waals surface area (Å²) in [6, 6.07) is 10.6. The first-order chi connectivity index (χ1) is 7.61.